The van der Waals surface area contributed by atoms with E-state index in [2.05, 4.69) is 43.2 Å². The van der Waals surface area contributed by atoms with Crippen LogP contribution in [0.3, 0.4) is 0 Å². The predicted octanol–water partition coefficient (Wildman–Crippen LogP) is 3.26. The average Bonchev–Trinajstić information content (AvgIpc) is 2.87. The number of nitrogens with two attached hydrogens (primary N) is 1. The largest absolute Gasteiger partial charge is 0.326 e. The van der Waals surface area contributed by atoms with Crippen molar-refractivity contribution in [1.29, 1.82) is 0 Å². The van der Waals surface area contributed by atoms with Crippen LogP contribution in [0.25, 0.3) is 0 Å². The van der Waals surface area contributed by atoms with Crippen LogP contribution in [0.4, 0.5) is 0 Å². The van der Waals surface area contributed by atoms with Gasteiger partial charge in [-0.25, -0.2) is 0 Å². The molecule has 0 aliphatic carbocycles. The van der Waals surface area contributed by atoms with Crippen LogP contribution in [-0.4, -0.2) is 23.5 Å². The van der Waals surface area contributed by atoms with Crippen molar-refractivity contribution < 1.29 is 0 Å². The van der Waals surface area contributed by atoms with Gasteiger partial charge in [-0.15, -0.1) is 11.3 Å². The molecule has 17 heavy (non-hydrogen) atoms. The van der Waals surface area contributed by atoms with E-state index < -0.39 is 0 Å². The van der Waals surface area contributed by atoms with Crippen LogP contribution >= 0.6 is 11.3 Å². The molecule has 1 aliphatic rings. The Morgan fingerprint density at radius 3 is 2.71 bits per heavy atom. The lowest BCUT2D eigenvalue weighted by atomic mass is 9.98. The Morgan fingerprint density at radius 1 is 1.41 bits per heavy atom. The molecule has 2 heterocycles. The van der Waals surface area contributed by atoms with Crippen molar-refractivity contribution in [2.45, 2.75) is 51.7 Å². The van der Waals surface area contributed by atoms with Crippen molar-refractivity contribution in [3.05, 3.63) is 22.4 Å². The monoisotopic (exact) mass is 252 g/mol. The van der Waals surface area contributed by atoms with Gasteiger partial charge in [0, 0.05) is 17.0 Å². The van der Waals surface area contributed by atoms with E-state index in [1.807, 2.05) is 11.3 Å². The molecule has 0 spiro atoms. The summed E-state index contributed by atoms with van der Waals surface area (Å²) in [5.74, 6) is 0.721. The van der Waals surface area contributed by atoms with Crippen molar-refractivity contribution >= 4 is 11.3 Å². The van der Waals surface area contributed by atoms with Gasteiger partial charge in [0.05, 0.1) is 6.04 Å². The lowest BCUT2D eigenvalue weighted by molar-refractivity contribution is 0.132. The van der Waals surface area contributed by atoms with Crippen molar-refractivity contribution in [2.24, 2.45) is 11.7 Å². The predicted molar refractivity (Wildman–Crippen MR) is 75.3 cm³/mol. The molecule has 0 amide bonds. The summed E-state index contributed by atoms with van der Waals surface area (Å²) in [5.41, 5.74) is 6.24. The van der Waals surface area contributed by atoms with Crippen molar-refractivity contribution in [2.75, 3.05) is 6.54 Å². The molecular weight excluding hydrogens is 228 g/mol. The Hall–Kier alpha value is -0.380. The molecule has 96 valence electrons. The number of likely N-dealkylation sites (tertiary alicyclic amines) is 1. The molecule has 2 N–H and O–H groups in total. The highest BCUT2D eigenvalue weighted by Gasteiger charge is 2.35. The first kappa shape index (κ1) is 13.1. The van der Waals surface area contributed by atoms with Gasteiger partial charge in [-0.2, -0.15) is 0 Å². The van der Waals surface area contributed by atoms with Crippen LogP contribution in [0.1, 0.15) is 44.5 Å². The number of hydrogen-bond donors (Lipinski definition) is 1. The molecular formula is C14H24N2S. The van der Waals surface area contributed by atoms with Gasteiger partial charge in [0.1, 0.15) is 0 Å². The van der Waals surface area contributed by atoms with Crippen LogP contribution in [0.5, 0.6) is 0 Å². The van der Waals surface area contributed by atoms with Gasteiger partial charge in [0.25, 0.3) is 0 Å². The Morgan fingerprint density at radius 2 is 2.18 bits per heavy atom. The summed E-state index contributed by atoms with van der Waals surface area (Å²) in [4.78, 5) is 4.06. The van der Waals surface area contributed by atoms with Gasteiger partial charge in [0.2, 0.25) is 0 Å². The molecule has 1 aromatic heterocycles. The Labute approximate surface area is 109 Å². The van der Waals surface area contributed by atoms with E-state index in [1.54, 1.807) is 0 Å². The highest BCUT2D eigenvalue weighted by atomic mass is 32.1. The van der Waals surface area contributed by atoms with E-state index in [0.29, 0.717) is 12.1 Å². The summed E-state index contributed by atoms with van der Waals surface area (Å²) >= 11 is 1.84. The summed E-state index contributed by atoms with van der Waals surface area (Å²) in [5, 5.41) is 2.16. The fourth-order valence-corrected chi connectivity index (χ4v) is 4.02. The van der Waals surface area contributed by atoms with E-state index in [1.165, 1.54) is 24.3 Å². The van der Waals surface area contributed by atoms with Crippen LogP contribution in [-0.2, 0) is 0 Å². The second-order valence-electron chi connectivity index (χ2n) is 5.51. The van der Waals surface area contributed by atoms with Gasteiger partial charge in [-0.3, -0.25) is 4.90 Å². The van der Waals surface area contributed by atoms with E-state index in [9.17, 15) is 0 Å². The Bertz CT molecular complexity index is 332. The maximum absolute atomic E-state index is 6.24. The molecule has 0 radical (unpaired) electrons. The molecule has 2 nitrogen and oxygen atoms in total. The SMILES string of the molecule is CC(C)C1CCCN1C(c1cccs1)C(C)N. The number of nitrogens with zero attached hydrogens (tertiary/aromatic N) is 1. The minimum atomic E-state index is 0.202. The van der Waals surface area contributed by atoms with Crippen LogP contribution in [0.15, 0.2) is 17.5 Å². The summed E-state index contributed by atoms with van der Waals surface area (Å²) in [7, 11) is 0. The summed E-state index contributed by atoms with van der Waals surface area (Å²) in [6, 6.07) is 5.68. The third kappa shape index (κ3) is 2.72. The molecule has 3 atom stereocenters. The van der Waals surface area contributed by atoms with E-state index in [-0.39, 0.29) is 6.04 Å². The average molecular weight is 252 g/mol. The molecule has 1 aliphatic heterocycles. The van der Waals surface area contributed by atoms with Gasteiger partial charge < -0.3 is 5.73 Å². The molecule has 3 unspecified atom stereocenters. The first-order valence-corrected chi connectivity index (χ1v) is 7.54. The van der Waals surface area contributed by atoms with E-state index >= 15 is 0 Å². The maximum atomic E-state index is 6.24. The Kier molecular flexibility index (Phi) is 4.23. The van der Waals surface area contributed by atoms with Crippen molar-refractivity contribution in [3.63, 3.8) is 0 Å². The molecule has 0 bridgehead atoms. The standard InChI is InChI=1S/C14H24N2S/c1-10(2)12-6-4-8-16(12)14(11(3)15)13-7-5-9-17-13/h5,7,9-12,14H,4,6,8,15H2,1-3H3. The van der Waals surface area contributed by atoms with Crippen molar-refractivity contribution in [1.82, 2.24) is 4.90 Å². The van der Waals surface area contributed by atoms with Crippen LogP contribution in [0.2, 0.25) is 0 Å². The van der Waals surface area contributed by atoms with E-state index in [0.717, 1.165) is 5.92 Å². The summed E-state index contributed by atoms with van der Waals surface area (Å²) < 4.78 is 0. The zero-order valence-corrected chi connectivity index (χ0v) is 11.9. The highest BCUT2D eigenvalue weighted by Crippen LogP contribution is 2.35. The van der Waals surface area contributed by atoms with E-state index in [4.69, 9.17) is 5.73 Å². The van der Waals surface area contributed by atoms with Crippen LogP contribution in [0, 0.1) is 5.92 Å². The fourth-order valence-electron chi connectivity index (χ4n) is 3.06. The summed E-state index contributed by atoms with van der Waals surface area (Å²) in [6.45, 7) is 8.00. The topological polar surface area (TPSA) is 29.3 Å². The highest BCUT2D eigenvalue weighted by molar-refractivity contribution is 7.10. The minimum Gasteiger partial charge on any atom is -0.326 e. The smallest absolute Gasteiger partial charge is 0.0593 e. The molecule has 0 aromatic carbocycles. The molecule has 2 rings (SSSR count). The number of thiophene rings is 1. The summed E-state index contributed by atoms with van der Waals surface area (Å²) in [6.07, 6.45) is 2.64. The number of rotatable bonds is 4. The quantitative estimate of drug-likeness (QED) is 0.891. The van der Waals surface area contributed by atoms with Gasteiger partial charge in [-0.1, -0.05) is 19.9 Å². The first-order chi connectivity index (χ1) is 8.11. The maximum Gasteiger partial charge on any atom is 0.0593 e. The molecule has 1 aromatic rings. The molecule has 1 saturated heterocycles. The third-order valence-electron chi connectivity index (χ3n) is 3.80. The first-order valence-electron chi connectivity index (χ1n) is 6.66. The van der Waals surface area contributed by atoms with Crippen LogP contribution < -0.4 is 5.73 Å². The van der Waals surface area contributed by atoms with Gasteiger partial charge >= 0.3 is 0 Å². The zero-order chi connectivity index (χ0) is 12.4. The lowest BCUT2D eigenvalue weighted by Crippen LogP contribution is -2.43. The molecule has 1 fully saturated rings. The van der Waals surface area contributed by atoms with Gasteiger partial charge in [-0.05, 0) is 43.7 Å². The number of hydrogen-bond acceptors (Lipinski definition) is 3. The zero-order valence-electron chi connectivity index (χ0n) is 11.1. The second kappa shape index (κ2) is 5.51. The van der Waals surface area contributed by atoms with Crippen molar-refractivity contribution in [3.8, 4) is 0 Å². The third-order valence-corrected chi connectivity index (χ3v) is 4.74. The second-order valence-corrected chi connectivity index (χ2v) is 6.49. The lowest BCUT2D eigenvalue weighted by Gasteiger charge is -2.36. The fraction of sp³-hybridized carbons (Fsp3) is 0.714. The molecule has 3 heteroatoms. The molecule has 0 saturated carbocycles. The Balaban J connectivity index is 2.22. The minimum absolute atomic E-state index is 0.202. The normalized spacial score (nSPS) is 25.4. The van der Waals surface area contributed by atoms with Gasteiger partial charge in [0.15, 0.2) is 0 Å².